The Bertz CT molecular complexity index is 256. The maximum atomic E-state index is 5.33. The molecule has 0 atom stereocenters. The zero-order valence-corrected chi connectivity index (χ0v) is 9.17. The summed E-state index contributed by atoms with van der Waals surface area (Å²) >= 11 is 0. The number of hydrogen-bond donors (Lipinski definition) is 1. The molecule has 0 radical (unpaired) electrons. The van der Waals surface area contributed by atoms with Crippen molar-refractivity contribution in [3.05, 3.63) is 23.7 Å². The molecule has 80 valence electrons. The molecule has 0 aliphatic rings. The molecule has 0 saturated heterocycles. The SMILES string of the molecule is CCOCc1occc1CNC(C)C. The van der Waals surface area contributed by atoms with Crippen molar-refractivity contribution in [2.24, 2.45) is 0 Å². The molecule has 0 aromatic carbocycles. The van der Waals surface area contributed by atoms with Crippen LogP contribution in [0.25, 0.3) is 0 Å². The smallest absolute Gasteiger partial charge is 0.133 e. The van der Waals surface area contributed by atoms with E-state index in [4.69, 9.17) is 9.15 Å². The van der Waals surface area contributed by atoms with E-state index in [1.807, 2.05) is 13.0 Å². The van der Waals surface area contributed by atoms with E-state index in [2.05, 4.69) is 19.2 Å². The largest absolute Gasteiger partial charge is 0.467 e. The molecule has 1 aromatic rings. The van der Waals surface area contributed by atoms with E-state index >= 15 is 0 Å². The van der Waals surface area contributed by atoms with Crippen LogP contribution in [0.4, 0.5) is 0 Å². The highest BCUT2D eigenvalue weighted by molar-refractivity contribution is 5.16. The molecule has 1 heterocycles. The summed E-state index contributed by atoms with van der Waals surface area (Å²) in [7, 11) is 0. The first-order valence-electron chi connectivity index (χ1n) is 5.10. The van der Waals surface area contributed by atoms with Crippen LogP contribution in [0.15, 0.2) is 16.7 Å². The molecule has 3 nitrogen and oxygen atoms in total. The highest BCUT2D eigenvalue weighted by Crippen LogP contribution is 2.11. The number of nitrogens with one attached hydrogen (secondary N) is 1. The fraction of sp³-hybridized carbons (Fsp3) is 0.636. The number of ether oxygens (including phenoxy) is 1. The predicted molar refractivity (Wildman–Crippen MR) is 56.0 cm³/mol. The van der Waals surface area contributed by atoms with Crippen molar-refractivity contribution in [1.29, 1.82) is 0 Å². The minimum atomic E-state index is 0.491. The third-order valence-corrected chi connectivity index (χ3v) is 1.98. The molecule has 0 amide bonds. The van der Waals surface area contributed by atoms with Gasteiger partial charge in [0.15, 0.2) is 0 Å². The second kappa shape index (κ2) is 5.83. The lowest BCUT2D eigenvalue weighted by molar-refractivity contribution is 0.117. The molecule has 0 unspecified atom stereocenters. The molecule has 0 fully saturated rings. The van der Waals surface area contributed by atoms with Gasteiger partial charge in [-0.3, -0.25) is 0 Å². The third kappa shape index (κ3) is 3.52. The molecule has 0 saturated carbocycles. The van der Waals surface area contributed by atoms with Gasteiger partial charge in [0.05, 0.1) is 6.26 Å². The standard InChI is InChI=1S/C11H19NO2/c1-4-13-8-11-10(5-6-14-11)7-12-9(2)3/h5-6,9,12H,4,7-8H2,1-3H3. The van der Waals surface area contributed by atoms with Crippen LogP contribution in [-0.4, -0.2) is 12.6 Å². The van der Waals surface area contributed by atoms with E-state index in [1.165, 1.54) is 5.56 Å². The van der Waals surface area contributed by atoms with Gasteiger partial charge in [0.2, 0.25) is 0 Å². The second-order valence-corrected chi connectivity index (χ2v) is 3.54. The first-order chi connectivity index (χ1) is 6.74. The maximum absolute atomic E-state index is 5.33. The summed E-state index contributed by atoms with van der Waals surface area (Å²) in [5.74, 6) is 0.931. The average molecular weight is 197 g/mol. The van der Waals surface area contributed by atoms with Crippen molar-refractivity contribution in [1.82, 2.24) is 5.32 Å². The number of furan rings is 1. The van der Waals surface area contributed by atoms with Gasteiger partial charge < -0.3 is 14.5 Å². The summed E-state index contributed by atoms with van der Waals surface area (Å²) in [6.45, 7) is 8.37. The third-order valence-electron chi connectivity index (χ3n) is 1.98. The van der Waals surface area contributed by atoms with E-state index in [1.54, 1.807) is 6.26 Å². The Kier molecular flexibility index (Phi) is 4.70. The predicted octanol–water partition coefficient (Wildman–Crippen LogP) is 2.31. The van der Waals surface area contributed by atoms with Crippen molar-refractivity contribution in [3.63, 3.8) is 0 Å². The summed E-state index contributed by atoms with van der Waals surface area (Å²) < 4.78 is 10.6. The summed E-state index contributed by atoms with van der Waals surface area (Å²) in [4.78, 5) is 0. The van der Waals surface area contributed by atoms with Crippen LogP contribution in [0.2, 0.25) is 0 Å². The minimum absolute atomic E-state index is 0.491. The van der Waals surface area contributed by atoms with Crippen molar-refractivity contribution in [3.8, 4) is 0 Å². The first-order valence-corrected chi connectivity index (χ1v) is 5.10. The van der Waals surface area contributed by atoms with Crippen molar-refractivity contribution in [2.75, 3.05) is 6.61 Å². The molecule has 0 spiro atoms. The van der Waals surface area contributed by atoms with Gasteiger partial charge in [-0.15, -0.1) is 0 Å². The monoisotopic (exact) mass is 197 g/mol. The van der Waals surface area contributed by atoms with Crippen LogP contribution in [0, 0.1) is 0 Å². The summed E-state index contributed by atoms with van der Waals surface area (Å²) in [5.41, 5.74) is 1.19. The molecule has 1 rings (SSSR count). The Balaban J connectivity index is 2.45. The van der Waals surface area contributed by atoms with Gasteiger partial charge in [0, 0.05) is 24.8 Å². The molecule has 1 N–H and O–H groups in total. The summed E-state index contributed by atoms with van der Waals surface area (Å²) in [6, 6.07) is 2.48. The summed E-state index contributed by atoms with van der Waals surface area (Å²) in [5, 5.41) is 3.35. The molecular weight excluding hydrogens is 178 g/mol. The van der Waals surface area contributed by atoms with Gasteiger partial charge >= 0.3 is 0 Å². The Morgan fingerprint density at radius 1 is 1.50 bits per heavy atom. The van der Waals surface area contributed by atoms with E-state index in [0.717, 1.165) is 18.9 Å². The lowest BCUT2D eigenvalue weighted by atomic mass is 10.2. The first kappa shape index (κ1) is 11.3. The molecular formula is C11H19NO2. The highest BCUT2D eigenvalue weighted by atomic mass is 16.5. The Morgan fingerprint density at radius 3 is 2.93 bits per heavy atom. The normalized spacial score (nSPS) is 11.1. The molecule has 1 aromatic heterocycles. The van der Waals surface area contributed by atoms with Gasteiger partial charge in [0.25, 0.3) is 0 Å². The topological polar surface area (TPSA) is 34.4 Å². The van der Waals surface area contributed by atoms with Crippen LogP contribution in [0.5, 0.6) is 0 Å². The average Bonchev–Trinajstić information content (AvgIpc) is 2.58. The van der Waals surface area contributed by atoms with Crippen LogP contribution in [0.3, 0.4) is 0 Å². The van der Waals surface area contributed by atoms with Gasteiger partial charge in [-0.05, 0) is 13.0 Å². The lowest BCUT2D eigenvalue weighted by Crippen LogP contribution is -2.22. The minimum Gasteiger partial charge on any atom is -0.467 e. The van der Waals surface area contributed by atoms with E-state index in [-0.39, 0.29) is 0 Å². The Morgan fingerprint density at radius 2 is 2.29 bits per heavy atom. The van der Waals surface area contributed by atoms with Crippen LogP contribution < -0.4 is 5.32 Å². The molecule has 0 aliphatic heterocycles. The van der Waals surface area contributed by atoms with Crippen molar-refractivity contribution in [2.45, 2.75) is 40.0 Å². The second-order valence-electron chi connectivity index (χ2n) is 3.54. The summed E-state index contributed by atoms with van der Waals surface area (Å²) in [6.07, 6.45) is 1.71. The zero-order valence-electron chi connectivity index (χ0n) is 9.17. The molecule has 14 heavy (non-hydrogen) atoms. The highest BCUT2D eigenvalue weighted by Gasteiger charge is 2.06. The quantitative estimate of drug-likeness (QED) is 0.760. The molecule has 0 bridgehead atoms. The van der Waals surface area contributed by atoms with E-state index in [9.17, 15) is 0 Å². The van der Waals surface area contributed by atoms with Crippen LogP contribution in [-0.2, 0) is 17.9 Å². The fourth-order valence-electron chi connectivity index (χ4n) is 1.16. The van der Waals surface area contributed by atoms with Crippen molar-refractivity contribution < 1.29 is 9.15 Å². The fourth-order valence-corrected chi connectivity index (χ4v) is 1.16. The van der Waals surface area contributed by atoms with Gasteiger partial charge in [0.1, 0.15) is 12.4 Å². The maximum Gasteiger partial charge on any atom is 0.133 e. The van der Waals surface area contributed by atoms with Crippen LogP contribution in [0.1, 0.15) is 32.1 Å². The number of rotatable bonds is 6. The number of hydrogen-bond acceptors (Lipinski definition) is 3. The van der Waals surface area contributed by atoms with E-state index < -0.39 is 0 Å². The van der Waals surface area contributed by atoms with Gasteiger partial charge in [-0.2, -0.15) is 0 Å². The van der Waals surface area contributed by atoms with Gasteiger partial charge in [-0.25, -0.2) is 0 Å². The van der Waals surface area contributed by atoms with Crippen molar-refractivity contribution >= 4 is 0 Å². The lowest BCUT2D eigenvalue weighted by Gasteiger charge is -2.07. The van der Waals surface area contributed by atoms with Gasteiger partial charge in [-0.1, -0.05) is 13.8 Å². The Labute approximate surface area is 85.4 Å². The van der Waals surface area contributed by atoms with Crippen LogP contribution >= 0.6 is 0 Å². The Hall–Kier alpha value is -0.800. The zero-order chi connectivity index (χ0) is 10.4. The molecule has 3 heteroatoms. The van der Waals surface area contributed by atoms with E-state index in [0.29, 0.717) is 12.6 Å². The molecule has 0 aliphatic carbocycles.